The Morgan fingerprint density at radius 2 is 1.67 bits per heavy atom. The molecule has 2 rings (SSSR count). The summed E-state index contributed by atoms with van der Waals surface area (Å²) in [7, 11) is 7.21. The van der Waals surface area contributed by atoms with E-state index in [0.29, 0.717) is 6.42 Å². The van der Waals surface area contributed by atoms with Crippen LogP contribution < -0.4 is 11.2 Å². The Labute approximate surface area is 176 Å². The lowest BCUT2D eigenvalue weighted by Crippen LogP contribution is -2.44. The molecule has 1 heterocycles. The summed E-state index contributed by atoms with van der Waals surface area (Å²) >= 11 is 0. The summed E-state index contributed by atoms with van der Waals surface area (Å²) in [6.45, 7) is 3.73. The van der Waals surface area contributed by atoms with Gasteiger partial charge in [-0.05, 0) is 45.8 Å². The van der Waals surface area contributed by atoms with Gasteiger partial charge in [-0.2, -0.15) is 0 Å². The number of nitro benzene ring substituents is 1. The van der Waals surface area contributed by atoms with Crippen molar-refractivity contribution in [2.24, 2.45) is 14.1 Å². The summed E-state index contributed by atoms with van der Waals surface area (Å²) in [5.74, 6) is 0. The minimum Gasteiger partial charge on any atom is -0.301 e. The Balaban J connectivity index is 2.03. The summed E-state index contributed by atoms with van der Waals surface area (Å²) in [6, 6.07) is 8.19. The standard InChI is InChI=1S/C21H31N5O4/c1-16(22(2)3)25(14-12-17-8-10-18(11-9-17)26(29)30)13-6-7-19-15-20(27)24(5)21(28)23(19)4/h8-11,15-16H,6-7,12-14H2,1-5H3. The maximum atomic E-state index is 12.1. The lowest BCUT2D eigenvalue weighted by molar-refractivity contribution is -0.384. The molecule has 1 aromatic carbocycles. The highest BCUT2D eigenvalue weighted by Gasteiger charge is 2.16. The second-order valence-electron chi connectivity index (χ2n) is 7.78. The highest BCUT2D eigenvalue weighted by atomic mass is 16.6. The molecule has 0 N–H and O–H groups in total. The second-order valence-corrected chi connectivity index (χ2v) is 7.78. The average molecular weight is 418 g/mol. The molecule has 1 atom stereocenters. The van der Waals surface area contributed by atoms with Crippen LogP contribution in [0.4, 0.5) is 5.69 Å². The Kier molecular flexibility index (Phi) is 8.08. The van der Waals surface area contributed by atoms with E-state index in [-0.39, 0.29) is 23.1 Å². The fraction of sp³-hybridized carbons (Fsp3) is 0.524. The van der Waals surface area contributed by atoms with E-state index >= 15 is 0 Å². The van der Waals surface area contributed by atoms with Crippen molar-refractivity contribution < 1.29 is 4.92 Å². The molecule has 0 fully saturated rings. The summed E-state index contributed by atoms with van der Waals surface area (Å²) < 4.78 is 2.63. The molecule has 0 radical (unpaired) electrons. The Hall–Kier alpha value is -2.78. The first-order valence-corrected chi connectivity index (χ1v) is 10.0. The third-order valence-electron chi connectivity index (χ3n) is 5.61. The van der Waals surface area contributed by atoms with Crippen LogP contribution in [0.15, 0.2) is 39.9 Å². The number of benzene rings is 1. The number of aromatic nitrogens is 2. The van der Waals surface area contributed by atoms with Crippen molar-refractivity contribution in [1.29, 1.82) is 0 Å². The van der Waals surface area contributed by atoms with Crippen molar-refractivity contribution in [2.75, 3.05) is 27.2 Å². The van der Waals surface area contributed by atoms with Gasteiger partial charge in [-0.3, -0.25) is 29.3 Å². The van der Waals surface area contributed by atoms with E-state index in [1.54, 1.807) is 19.2 Å². The number of aryl methyl sites for hydroxylation is 1. The van der Waals surface area contributed by atoms with E-state index in [1.165, 1.54) is 29.8 Å². The van der Waals surface area contributed by atoms with Crippen LogP contribution in [0.3, 0.4) is 0 Å². The number of nitrogens with zero attached hydrogens (tertiary/aromatic N) is 5. The van der Waals surface area contributed by atoms with Crippen molar-refractivity contribution >= 4 is 5.69 Å². The molecule has 0 aliphatic carbocycles. The van der Waals surface area contributed by atoms with Crippen LogP contribution in [0.1, 0.15) is 24.6 Å². The molecule has 0 saturated heterocycles. The molecular formula is C21H31N5O4. The van der Waals surface area contributed by atoms with E-state index in [1.807, 2.05) is 14.1 Å². The maximum Gasteiger partial charge on any atom is 0.330 e. The van der Waals surface area contributed by atoms with Crippen molar-refractivity contribution in [3.05, 3.63) is 72.5 Å². The zero-order valence-corrected chi connectivity index (χ0v) is 18.4. The van der Waals surface area contributed by atoms with Gasteiger partial charge in [0.15, 0.2) is 0 Å². The molecule has 1 aromatic heterocycles. The smallest absolute Gasteiger partial charge is 0.301 e. The third kappa shape index (κ3) is 5.87. The molecule has 0 saturated carbocycles. The van der Waals surface area contributed by atoms with Gasteiger partial charge in [-0.1, -0.05) is 12.1 Å². The van der Waals surface area contributed by atoms with E-state index < -0.39 is 4.92 Å². The van der Waals surface area contributed by atoms with Crippen molar-refractivity contribution in [3.63, 3.8) is 0 Å². The first-order chi connectivity index (χ1) is 14.1. The largest absolute Gasteiger partial charge is 0.330 e. The molecule has 0 bridgehead atoms. The average Bonchev–Trinajstić information content (AvgIpc) is 2.72. The quantitative estimate of drug-likeness (QED) is 0.329. The van der Waals surface area contributed by atoms with Crippen molar-refractivity contribution in [2.45, 2.75) is 32.4 Å². The van der Waals surface area contributed by atoms with Crippen LogP contribution in [0.2, 0.25) is 0 Å². The van der Waals surface area contributed by atoms with Crippen LogP contribution in [0.25, 0.3) is 0 Å². The number of hydrogen-bond acceptors (Lipinski definition) is 6. The number of nitro groups is 1. The van der Waals surface area contributed by atoms with Gasteiger partial charge >= 0.3 is 5.69 Å². The molecule has 164 valence electrons. The van der Waals surface area contributed by atoms with E-state index in [4.69, 9.17) is 0 Å². The summed E-state index contributed by atoms with van der Waals surface area (Å²) in [5, 5.41) is 10.8. The maximum absolute atomic E-state index is 12.1. The summed E-state index contributed by atoms with van der Waals surface area (Å²) in [4.78, 5) is 38.9. The molecule has 9 nitrogen and oxygen atoms in total. The molecule has 30 heavy (non-hydrogen) atoms. The first-order valence-electron chi connectivity index (χ1n) is 10.0. The lowest BCUT2D eigenvalue weighted by Gasteiger charge is -2.33. The number of hydrogen-bond donors (Lipinski definition) is 0. The van der Waals surface area contributed by atoms with Gasteiger partial charge in [-0.15, -0.1) is 0 Å². The topological polar surface area (TPSA) is 93.6 Å². The van der Waals surface area contributed by atoms with Gasteiger partial charge in [0.05, 0.1) is 11.1 Å². The predicted octanol–water partition coefficient (Wildman–Crippen LogP) is 1.38. The highest BCUT2D eigenvalue weighted by Crippen LogP contribution is 2.14. The second kappa shape index (κ2) is 10.3. The molecule has 2 aromatic rings. The molecule has 1 unspecified atom stereocenters. The normalized spacial score (nSPS) is 12.5. The van der Waals surface area contributed by atoms with Crippen LogP contribution >= 0.6 is 0 Å². The predicted molar refractivity (Wildman–Crippen MR) is 117 cm³/mol. The number of non-ortho nitro benzene ring substituents is 1. The molecular weight excluding hydrogens is 386 g/mol. The third-order valence-corrected chi connectivity index (χ3v) is 5.61. The molecule has 0 aliphatic heterocycles. The Morgan fingerprint density at radius 3 is 2.23 bits per heavy atom. The Bertz CT molecular complexity index is 978. The monoisotopic (exact) mass is 417 g/mol. The fourth-order valence-corrected chi connectivity index (χ4v) is 3.35. The van der Waals surface area contributed by atoms with E-state index in [0.717, 1.165) is 41.8 Å². The van der Waals surface area contributed by atoms with Crippen LogP contribution in [-0.2, 0) is 26.9 Å². The van der Waals surface area contributed by atoms with Gasteiger partial charge in [-0.25, -0.2) is 4.79 Å². The lowest BCUT2D eigenvalue weighted by atomic mass is 10.1. The Morgan fingerprint density at radius 1 is 1.03 bits per heavy atom. The van der Waals surface area contributed by atoms with E-state index in [2.05, 4.69) is 16.7 Å². The minimum absolute atomic E-state index is 0.0943. The molecule has 0 aliphatic rings. The zero-order valence-electron chi connectivity index (χ0n) is 18.4. The van der Waals surface area contributed by atoms with E-state index in [9.17, 15) is 19.7 Å². The van der Waals surface area contributed by atoms with Gasteiger partial charge in [0.25, 0.3) is 11.2 Å². The zero-order chi connectivity index (χ0) is 22.4. The van der Waals surface area contributed by atoms with Gasteiger partial charge < -0.3 is 4.57 Å². The summed E-state index contributed by atoms with van der Waals surface area (Å²) in [6.07, 6.45) is 2.42. The molecule has 0 spiro atoms. The van der Waals surface area contributed by atoms with Crippen LogP contribution in [0.5, 0.6) is 0 Å². The SMILES string of the molecule is CC(N(C)C)N(CCCc1cc(=O)n(C)c(=O)n1C)CCc1ccc([N+](=O)[O-])cc1. The fourth-order valence-electron chi connectivity index (χ4n) is 3.35. The minimum atomic E-state index is -0.394. The van der Waals surface area contributed by atoms with Crippen LogP contribution in [0, 0.1) is 10.1 Å². The van der Waals surface area contributed by atoms with Gasteiger partial charge in [0, 0.05) is 51.1 Å². The first kappa shape index (κ1) is 23.5. The highest BCUT2D eigenvalue weighted by molar-refractivity contribution is 5.32. The van der Waals surface area contributed by atoms with Crippen molar-refractivity contribution in [1.82, 2.24) is 18.9 Å². The van der Waals surface area contributed by atoms with Gasteiger partial charge in [0.1, 0.15) is 0 Å². The number of rotatable bonds is 10. The molecule has 9 heteroatoms. The van der Waals surface area contributed by atoms with Gasteiger partial charge in [0.2, 0.25) is 0 Å². The summed E-state index contributed by atoms with van der Waals surface area (Å²) in [5.41, 5.74) is 1.28. The van der Waals surface area contributed by atoms with Crippen LogP contribution in [-0.4, -0.2) is 57.2 Å². The van der Waals surface area contributed by atoms with Crippen molar-refractivity contribution in [3.8, 4) is 0 Å². The molecule has 0 amide bonds.